The summed E-state index contributed by atoms with van der Waals surface area (Å²) >= 11 is 0. The maximum absolute atomic E-state index is 5.24. The number of rotatable bonds is 6. The SMILES string of the molecule is COc1cccc(N(C)c2ccc3c(c2)CC[C@H]3CNc2cccnc2)n1. The normalized spacial score (nSPS) is 15.3. The van der Waals surface area contributed by atoms with E-state index < -0.39 is 0 Å². The van der Waals surface area contributed by atoms with E-state index in [0.29, 0.717) is 11.8 Å². The number of hydrogen-bond donors (Lipinski definition) is 1. The zero-order chi connectivity index (χ0) is 18.6. The molecule has 138 valence electrons. The Morgan fingerprint density at radius 2 is 2.11 bits per heavy atom. The summed E-state index contributed by atoms with van der Waals surface area (Å²) in [5.41, 5.74) is 5.10. The summed E-state index contributed by atoms with van der Waals surface area (Å²) in [6, 6.07) is 16.6. The zero-order valence-corrected chi connectivity index (χ0v) is 15.7. The Morgan fingerprint density at radius 3 is 2.93 bits per heavy atom. The van der Waals surface area contributed by atoms with E-state index in [2.05, 4.69) is 44.5 Å². The van der Waals surface area contributed by atoms with Gasteiger partial charge in [0.25, 0.3) is 0 Å². The highest BCUT2D eigenvalue weighted by molar-refractivity contribution is 5.62. The number of nitrogens with zero attached hydrogens (tertiary/aromatic N) is 3. The lowest BCUT2D eigenvalue weighted by Gasteiger charge is -2.20. The van der Waals surface area contributed by atoms with Crippen molar-refractivity contribution >= 4 is 17.2 Å². The third-order valence-electron chi connectivity index (χ3n) is 5.19. The van der Waals surface area contributed by atoms with Crippen LogP contribution >= 0.6 is 0 Å². The van der Waals surface area contributed by atoms with Gasteiger partial charge in [0, 0.05) is 43.7 Å². The van der Waals surface area contributed by atoms with Gasteiger partial charge in [0.15, 0.2) is 0 Å². The lowest BCUT2D eigenvalue weighted by atomic mass is 10.0. The van der Waals surface area contributed by atoms with Gasteiger partial charge in [0.05, 0.1) is 12.8 Å². The molecule has 1 aromatic carbocycles. The molecule has 27 heavy (non-hydrogen) atoms. The molecule has 4 rings (SSSR count). The number of anilines is 3. The fourth-order valence-corrected chi connectivity index (χ4v) is 3.66. The van der Waals surface area contributed by atoms with E-state index in [9.17, 15) is 0 Å². The minimum atomic E-state index is 0.537. The van der Waals surface area contributed by atoms with Crippen molar-refractivity contribution in [2.75, 3.05) is 30.9 Å². The first-order chi connectivity index (χ1) is 13.2. The Bertz CT molecular complexity index is 913. The van der Waals surface area contributed by atoms with Crippen molar-refractivity contribution in [1.82, 2.24) is 9.97 Å². The number of aromatic nitrogens is 2. The van der Waals surface area contributed by atoms with Gasteiger partial charge >= 0.3 is 0 Å². The van der Waals surface area contributed by atoms with E-state index in [4.69, 9.17) is 4.74 Å². The van der Waals surface area contributed by atoms with Crippen LogP contribution in [0.3, 0.4) is 0 Å². The molecule has 1 aliphatic carbocycles. The quantitative estimate of drug-likeness (QED) is 0.706. The Labute approximate surface area is 160 Å². The van der Waals surface area contributed by atoms with Crippen LogP contribution in [-0.2, 0) is 6.42 Å². The van der Waals surface area contributed by atoms with Gasteiger partial charge in [-0.3, -0.25) is 4.98 Å². The molecule has 5 nitrogen and oxygen atoms in total. The van der Waals surface area contributed by atoms with Crippen molar-refractivity contribution < 1.29 is 4.74 Å². The van der Waals surface area contributed by atoms with Crippen molar-refractivity contribution in [1.29, 1.82) is 0 Å². The molecule has 3 aromatic rings. The minimum Gasteiger partial charge on any atom is -0.481 e. The molecule has 0 saturated carbocycles. The average Bonchev–Trinajstić information content (AvgIpc) is 3.14. The summed E-state index contributed by atoms with van der Waals surface area (Å²) < 4.78 is 5.24. The van der Waals surface area contributed by atoms with Gasteiger partial charge in [-0.25, -0.2) is 0 Å². The average molecular weight is 360 g/mol. The van der Waals surface area contributed by atoms with Crippen LogP contribution in [0.25, 0.3) is 0 Å². The topological polar surface area (TPSA) is 50.3 Å². The van der Waals surface area contributed by atoms with Gasteiger partial charge in [-0.05, 0) is 54.3 Å². The fraction of sp³-hybridized carbons (Fsp3) is 0.273. The zero-order valence-electron chi connectivity index (χ0n) is 15.7. The van der Waals surface area contributed by atoms with Crippen LogP contribution in [0.15, 0.2) is 60.9 Å². The van der Waals surface area contributed by atoms with Gasteiger partial charge in [0.2, 0.25) is 5.88 Å². The second kappa shape index (κ2) is 7.66. The van der Waals surface area contributed by atoms with E-state index in [1.807, 2.05) is 37.5 Å². The van der Waals surface area contributed by atoms with Gasteiger partial charge in [-0.1, -0.05) is 12.1 Å². The molecule has 1 N–H and O–H groups in total. The van der Waals surface area contributed by atoms with E-state index in [1.54, 1.807) is 13.3 Å². The highest BCUT2D eigenvalue weighted by atomic mass is 16.5. The number of methoxy groups -OCH3 is 1. The maximum atomic E-state index is 5.24. The molecular weight excluding hydrogens is 336 g/mol. The number of pyridine rings is 2. The van der Waals surface area contributed by atoms with Crippen LogP contribution < -0.4 is 15.0 Å². The molecule has 0 radical (unpaired) electrons. The molecule has 0 spiro atoms. The molecule has 0 saturated heterocycles. The maximum Gasteiger partial charge on any atom is 0.214 e. The minimum absolute atomic E-state index is 0.537. The summed E-state index contributed by atoms with van der Waals surface area (Å²) in [4.78, 5) is 10.8. The smallest absolute Gasteiger partial charge is 0.214 e. The number of ether oxygens (including phenoxy) is 1. The summed E-state index contributed by atoms with van der Waals surface area (Å²) in [6.07, 6.45) is 5.95. The van der Waals surface area contributed by atoms with Crippen molar-refractivity contribution in [3.8, 4) is 5.88 Å². The molecule has 2 heterocycles. The first kappa shape index (κ1) is 17.3. The largest absolute Gasteiger partial charge is 0.481 e. The molecule has 5 heteroatoms. The van der Waals surface area contributed by atoms with Crippen LogP contribution in [0.4, 0.5) is 17.2 Å². The van der Waals surface area contributed by atoms with Crippen LogP contribution in [-0.4, -0.2) is 30.7 Å². The lowest BCUT2D eigenvalue weighted by molar-refractivity contribution is 0.398. The first-order valence-corrected chi connectivity index (χ1v) is 9.26. The van der Waals surface area contributed by atoms with Crippen LogP contribution in [0.1, 0.15) is 23.5 Å². The van der Waals surface area contributed by atoms with Crippen molar-refractivity contribution in [2.45, 2.75) is 18.8 Å². The Morgan fingerprint density at radius 1 is 1.19 bits per heavy atom. The third kappa shape index (κ3) is 3.72. The molecule has 2 aromatic heterocycles. The third-order valence-corrected chi connectivity index (χ3v) is 5.19. The fourth-order valence-electron chi connectivity index (χ4n) is 3.66. The number of benzene rings is 1. The Hall–Kier alpha value is -3.08. The standard InChI is InChI=1S/C22H24N4O/c1-26(21-6-3-7-22(25-21)27-2)19-10-11-20-16(13-19)8-9-17(20)14-24-18-5-4-12-23-15-18/h3-7,10-13,15,17,24H,8-9,14H2,1-2H3/t17-/m0/s1. The highest BCUT2D eigenvalue weighted by Crippen LogP contribution is 2.36. The Kier molecular flexibility index (Phi) is 4.92. The molecule has 0 bridgehead atoms. The second-order valence-electron chi connectivity index (χ2n) is 6.84. The van der Waals surface area contributed by atoms with Crippen LogP contribution in [0.5, 0.6) is 5.88 Å². The summed E-state index contributed by atoms with van der Waals surface area (Å²) in [5, 5.41) is 3.51. The number of nitrogens with one attached hydrogen (secondary N) is 1. The first-order valence-electron chi connectivity index (χ1n) is 9.26. The lowest BCUT2D eigenvalue weighted by Crippen LogP contribution is -2.12. The summed E-state index contributed by atoms with van der Waals surface area (Å²) in [7, 11) is 3.68. The molecule has 0 unspecified atom stereocenters. The molecule has 1 atom stereocenters. The van der Waals surface area contributed by atoms with E-state index in [0.717, 1.165) is 30.2 Å². The molecule has 1 aliphatic rings. The van der Waals surface area contributed by atoms with E-state index in [1.165, 1.54) is 17.5 Å². The summed E-state index contributed by atoms with van der Waals surface area (Å²) in [6.45, 7) is 0.936. The highest BCUT2D eigenvalue weighted by Gasteiger charge is 2.23. The van der Waals surface area contributed by atoms with Crippen molar-refractivity contribution in [2.24, 2.45) is 0 Å². The molecular formula is C22H24N4O. The van der Waals surface area contributed by atoms with Crippen LogP contribution in [0, 0.1) is 0 Å². The van der Waals surface area contributed by atoms with E-state index in [-0.39, 0.29) is 0 Å². The van der Waals surface area contributed by atoms with Gasteiger partial charge in [-0.15, -0.1) is 0 Å². The van der Waals surface area contributed by atoms with Gasteiger partial charge in [-0.2, -0.15) is 4.98 Å². The Balaban J connectivity index is 1.49. The number of fused-ring (bicyclic) bond motifs is 1. The number of hydrogen-bond acceptors (Lipinski definition) is 5. The summed E-state index contributed by atoms with van der Waals surface area (Å²) in [5.74, 6) is 2.04. The van der Waals surface area contributed by atoms with Crippen molar-refractivity contribution in [3.63, 3.8) is 0 Å². The molecule has 0 amide bonds. The van der Waals surface area contributed by atoms with Crippen LogP contribution in [0.2, 0.25) is 0 Å². The van der Waals surface area contributed by atoms with Crippen molar-refractivity contribution in [3.05, 3.63) is 72.1 Å². The van der Waals surface area contributed by atoms with Gasteiger partial charge < -0.3 is 15.0 Å². The van der Waals surface area contributed by atoms with Gasteiger partial charge in [0.1, 0.15) is 5.82 Å². The second-order valence-corrected chi connectivity index (χ2v) is 6.84. The number of aryl methyl sites for hydroxylation is 1. The molecule has 0 fully saturated rings. The van der Waals surface area contributed by atoms with E-state index >= 15 is 0 Å². The molecule has 0 aliphatic heterocycles. The predicted molar refractivity (Wildman–Crippen MR) is 109 cm³/mol. The predicted octanol–water partition coefficient (Wildman–Crippen LogP) is 4.40. The monoisotopic (exact) mass is 360 g/mol.